The van der Waals surface area contributed by atoms with Crippen LogP contribution in [0.4, 0.5) is 0 Å². The molecule has 0 aliphatic carbocycles. The second-order valence-electron chi connectivity index (χ2n) is 7.43. The summed E-state index contributed by atoms with van der Waals surface area (Å²) in [5.41, 5.74) is 3.46. The van der Waals surface area contributed by atoms with Crippen molar-refractivity contribution in [2.24, 2.45) is 0 Å². The molecule has 6 nitrogen and oxygen atoms in total. The molecule has 3 heterocycles. The highest BCUT2D eigenvalue weighted by atomic mass is 32.2. The van der Waals surface area contributed by atoms with Gasteiger partial charge >= 0.3 is 0 Å². The third kappa shape index (κ3) is 4.24. The van der Waals surface area contributed by atoms with E-state index in [9.17, 15) is 4.79 Å². The minimum atomic E-state index is 0.0977. The zero-order valence-corrected chi connectivity index (χ0v) is 18.2. The predicted molar refractivity (Wildman–Crippen MR) is 125 cm³/mol. The number of thioether (sulfide) groups is 1. The summed E-state index contributed by atoms with van der Waals surface area (Å²) < 4.78 is 7.48. The van der Waals surface area contributed by atoms with E-state index in [0.717, 1.165) is 18.7 Å². The number of para-hydroxylation sites is 1. The third-order valence-corrected chi connectivity index (χ3v) is 6.33. The van der Waals surface area contributed by atoms with Crippen molar-refractivity contribution in [3.8, 4) is 17.3 Å². The highest BCUT2D eigenvalue weighted by molar-refractivity contribution is 7.99. The number of benzene rings is 2. The third-order valence-electron chi connectivity index (χ3n) is 5.42. The van der Waals surface area contributed by atoms with Crippen LogP contribution in [0.3, 0.4) is 0 Å². The Balaban J connectivity index is 1.30. The Hall–Kier alpha value is -3.58. The first-order chi connectivity index (χ1) is 15.8. The van der Waals surface area contributed by atoms with E-state index in [0.29, 0.717) is 29.0 Å². The van der Waals surface area contributed by atoms with Crippen LogP contribution < -0.4 is 0 Å². The van der Waals surface area contributed by atoms with Crippen molar-refractivity contribution in [2.45, 2.75) is 11.6 Å². The molecule has 32 heavy (non-hydrogen) atoms. The van der Waals surface area contributed by atoms with E-state index in [2.05, 4.69) is 28.4 Å². The van der Waals surface area contributed by atoms with E-state index in [1.165, 1.54) is 22.9 Å². The van der Waals surface area contributed by atoms with Crippen molar-refractivity contribution in [3.05, 3.63) is 90.7 Å². The molecule has 4 aromatic rings. The van der Waals surface area contributed by atoms with Crippen LogP contribution in [0.2, 0.25) is 0 Å². The fraction of sp³-hybridized carbons (Fsp3) is 0.160. The second-order valence-corrected chi connectivity index (χ2v) is 8.37. The van der Waals surface area contributed by atoms with Crippen molar-refractivity contribution in [1.82, 2.24) is 19.7 Å². The molecule has 0 radical (unpaired) electrons. The molecule has 1 aliphatic heterocycles. The normalized spacial score (nSPS) is 13.8. The molecule has 7 heteroatoms. The lowest BCUT2D eigenvalue weighted by atomic mass is 10.00. The Labute approximate surface area is 190 Å². The molecule has 2 aromatic heterocycles. The Morgan fingerprint density at radius 1 is 0.969 bits per heavy atom. The number of aromatic nitrogens is 3. The Kier molecular flexibility index (Phi) is 5.89. The molecule has 5 rings (SSSR count). The van der Waals surface area contributed by atoms with Gasteiger partial charge in [0, 0.05) is 18.8 Å². The number of furan rings is 1. The first-order valence-electron chi connectivity index (χ1n) is 10.5. The second kappa shape index (κ2) is 9.28. The number of nitrogens with zero attached hydrogens (tertiary/aromatic N) is 4. The maximum absolute atomic E-state index is 12.9. The van der Waals surface area contributed by atoms with Crippen molar-refractivity contribution < 1.29 is 9.21 Å². The quantitative estimate of drug-likeness (QED) is 0.396. The minimum Gasteiger partial charge on any atom is -0.461 e. The highest BCUT2D eigenvalue weighted by Gasteiger charge is 2.22. The lowest BCUT2D eigenvalue weighted by molar-refractivity contribution is -0.127. The average molecular weight is 443 g/mol. The summed E-state index contributed by atoms with van der Waals surface area (Å²) in [7, 11) is 0. The van der Waals surface area contributed by atoms with Crippen LogP contribution in [0.1, 0.15) is 12.0 Å². The van der Waals surface area contributed by atoms with Crippen molar-refractivity contribution in [1.29, 1.82) is 0 Å². The SMILES string of the molecule is O=C(CSc1nnc(-c2ccco2)n1-c1ccccc1)N1CC=C(c2ccccc2)CC1. The molecule has 0 atom stereocenters. The van der Waals surface area contributed by atoms with Crippen LogP contribution in [0.25, 0.3) is 22.8 Å². The summed E-state index contributed by atoms with van der Waals surface area (Å²) in [6.45, 7) is 1.36. The number of amides is 1. The fourth-order valence-electron chi connectivity index (χ4n) is 3.77. The molecule has 0 fully saturated rings. The topological polar surface area (TPSA) is 64.2 Å². The van der Waals surface area contributed by atoms with Crippen LogP contribution in [0, 0.1) is 0 Å². The zero-order chi connectivity index (χ0) is 21.8. The van der Waals surface area contributed by atoms with Gasteiger partial charge in [-0.3, -0.25) is 9.36 Å². The molecule has 0 unspecified atom stereocenters. The first kappa shape index (κ1) is 20.3. The number of rotatable bonds is 6. The molecular weight excluding hydrogens is 420 g/mol. The van der Waals surface area contributed by atoms with Gasteiger partial charge in [0.05, 0.1) is 12.0 Å². The lowest BCUT2D eigenvalue weighted by Crippen LogP contribution is -2.35. The van der Waals surface area contributed by atoms with E-state index in [1.54, 1.807) is 6.26 Å². The van der Waals surface area contributed by atoms with Gasteiger partial charge in [-0.2, -0.15) is 0 Å². The van der Waals surface area contributed by atoms with Crippen molar-refractivity contribution in [2.75, 3.05) is 18.8 Å². The van der Waals surface area contributed by atoms with Gasteiger partial charge in [0.25, 0.3) is 0 Å². The Bertz CT molecular complexity index is 1220. The summed E-state index contributed by atoms with van der Waals surface area (Å²) in [4.78, 5) is 14.8. The van der Waals surface area contributed by atoms with E-state index in [1.807, 2.05) is 70.1 Å². The first-order valence-corrected chi connectivity index (χ1v) is 11.5. The van der Waals surface area contributed by atoms with Crippen LogP contribution in [-0.2, 0) is 4.79 Å². The van der Waals surface area contributed by atoms with Gasteiger partial charge in [-0.1, -0.05) is 66.4 Å². The Morgan fingerprint density at radius 3 is 2.44 bits per heavy atom. The van der Waals surface area contributed by atoms with Crippen LogP contribution in [0.15, 0.2) is 94.7 Å². The maximum Gasteiger partial charge on any atom is 0.233 e. The predicted octanol–water partition coefficient (Wildman–Crippen LogP) is 4.94. The van der Waals surface area contributed by atoms with E-state index in [4.69, 9.17) is 4.42 Å². The van der Waals surface area contributed by atoms with Crippen molar-refractivity contribution in [3.63, 3.8) is 0 Å². The van der Waals surface area contributed by atoms with Crippen LogP contribution >= 0.6 is 11.8 Å². The molecular formula is C25H22N4O2S. The standard InChI is InChI=1S/C25H22N4O2S/c30-23(28-15-13-20(14-16-28)19-8-3-1-4-9-19)18-32-25-27-26-24(22-12-7-17-31-22)29(25)21-10-5-2-6-11-21/h1-13,17H,14-16,18H2. The molecule has 0 N–H and O–H groups in total. The van der Waals surface area contributed by atoms with Gasteiger partial charge in [0.15, 0.2) is 10.9 Å². The lowest BCUT2D eigenvalue weighted by Gasteiger charge is -2.26. The summed E-state index contributed by atoms with van der Waals surface area (Å²) in [6, 6.07) is 23.9. The van der Waals surface area contributed by atoms with Gasteiger partial charge < -0.3 is 9.32 Å². The minimum absolute atomic E-state index is 0.0977. The maximum atomic E-state index is 12.9. The number of hydrogen-bond donors (Lipinski definition) is 0. The smallest absolute Gasteiger partial charge is 0.233 e. The van der Waals surface area contributed by atoms with E-state index in [-0.39, 0.29) is 5.91 Å². The molecule has 2 aromatic carbocycles. The molecule has 1 amide bonds. The van der Waals surface area contributed by atoms with Crippen LogP contribution in [0.5, 0.6) is 0 Å². The summed E-state index contributed by atoms with van der Waals surface area (Å²) in [6.07, 6.45) is 4.63. The molecule has 0 bridgehead atoms. The van der Waals surface area contributed by atoms with Crippen molar-refractivity contribution >= 4 is 23.2 Å². The Morgan fingerprint density at radius 2 is 1.75 bits per heavy atom. The van der Waals surface area contributed by atoms with Crippen LogP contribution in [-0.4, -0.2) is 44.4 Å². The van der Waals surface area contributed by atoms with Gasteiger partial charge in [-0.05, 0) is 41.8 Å². The molecule has 0 spiro atoms. The average Bonchev–Trinajstić information content (AvgIpc) is 3.54. The summed E-state index contributed by atoms with van der Waals surface area (Å²) >= 11 is 1.39. The van der Waals surface area contributed by atoms with Gasteiger partial charge in [0.2, 0.25) is 11.7 Å². The molecule has 160 valence electrons. The zero-order valence-electron chi connectivity index (χ0n) is 17.4. The molecule has 1 aliphatic rings. The fourth-order valence-corrected chi connectivity index (χ4v) is 4.62. The van der Waals surface area contributed by atoms with E-state index >= 15 is 0 Å². The van der Waals surface area contributed by atoms with Gasteiger partial charge in [-0.15, -0.1) is 10.2 Å². The largest absolute Gasteiger partial charge is 0.461 e. The number of carbonyl (C=O) groups excluding carboxylic acids is 1. The molecule has 0 saturated carbocycles. The summed E-state index contributed by atoms with van der Waals surface area (Å²) in [5.74, 6) is 1.65. The molecule has 0 saturated heterocycles. The number of carbonyl (C=O) groups is 1. The monoisotopic (exact) mass is 442 g/mol. The van der Waals surface area contributed by atoms with Gasteiger partial charge in [0.1, 0.15) is 0 Å². The summed E-state index contributed by atoms with van der Waals surface area (Å²) in [5, 5.41) is 9.34. The number of hydrogen-bond acceptors (Lipinski definition) is 5. The van der Waals surface area contributed by atoms with Gasteiger partial charge in [-0.25, -0.2) is 0 Å². The van der Waals surface area contributed by atoms with E-state index < -0.39 is 0 Å². The highest BCUT2D eigenvalue weighted by Crippen LogP contribution is 2.29.